The van der Waals surface area contributed by atoms with Crippen LogP contribution in [0.1, 0.15) is 35.7 Å². The number of nitrogens with one attached hydrogen (secondary N) is 4. The summed E-state index contributed by atoms with van der Waals surface area (Å²) < 4.78 is 26.7. The lowest BCUT2D eigenvalue weighted by atomic mass is 10.1. The minimum atomic E-state index is -4.19. The number of sulfonamides is 1. The molecule has 4 N–H and O–H groups in total. The van der Waals surface area contributed by atoms with Gasteiger partial charge in [-0.25, -0.2) is 17.9 Å². The molecule has 0 aliphatic rings. The van der Waals surface area contributed by atoms with E-state index in [9.17, 15) is 38.2 Å². The number of rotatable bonds is 11. The van der Waals surface area contributed by atoms with Crippen LogP contribution in [0.5, 0.6) is 0 Å². The van der Waals surface area contributed by atoms with Gasteiger partial charge in [-0.2, -0.15) is 0 Å². The lowest BCUT2D eigenvalue weighted by Gasteiger charge is -2.11. The van der Waals surface area contributed by atoms with Crippen molar-refractivity contribution in [3.63, 3.8) is 0 Å². The molecule has 210 valence electrons. The van der Waals surface area contributed by atoms with Crippen LogP contribution in [-0.4, -0.2) is 36.7 Å². The standard InChI is InChI=1S/C25H26N6O8S/c1-3-4-13-26-25(33)29-40(38,39)20-11-9-19(10-12-20)28-24(32)17-14-21(30(34)35)23(22(15-17)31(36)37)27-18-7-5-16(2)6-8-18/h5-12,14-15,27H,3-4,13H2,1-2H3,(H,28,32)(H2,26,29,33). The average molecular weight is 571 g/mol. The summed E-state index contributed by atoms with van der Waals surface area (Å²) in [6.07, 6.45) is 1.50. The van der Waals surface area contributed by atoms with Crippen LogP contribution in [0.3, 0.4) is 0 Å². The summed E-state index contributed by atoms with van der Waals surface area (Å²) in [4.78, 5) is 46.3. The molecule has 0 heterocycles. The number of amides is 3. The number of urea groups is 1. The quantitative estimate of drug-likeness (QED) is 0.144. The summed E-state index contributed by atoms with van der Waals surface area (Å²) in [5.74, 6) is -0.905. The van der Waals surface area contributed by atoms with Gasteiger partial charge < -0.3 is 16.0 Å². The summed E-state index contributed by atoms with van der Waals surface area (Å²) in [5.41, 5.74) is -0.752. The Morgan fingerprint density at radius 2 is 1.43 bits per heavy atom. The number of unbranched alkanes of at least 4 members (excludes halogenated alkanes) is 1. The van der Waals surface area contributed by atoms with Gasteiger partial charge in [-0.3, -0.25) is 25.0 Å². The molecule has 3 aromatic carbocycles. The molecule has 0 unspecified atom stereocenters. The number of nitro groups is 2. The number of aryl methyl sites for hydroxylation is 1. The molecule has 14 nitrogen and oxygen atoms in total. The fourth-order valence-electron chi connectivity index (χ4n) is 3.46. The first kappa shape index (κ1) is 29.5. The molecule has 0 bridgehead atoms. The lowest BCUT2D eigenvalue weighted by Crippen LogP contribution is -2.39. The monoisotopic (exact) mass is 570 g/mol. The van der Waals surface area contributed by atoms with E-state index in [2.05, 4.69) is 16.0 Å². The van der Waals surface area contributed by atoms with E-state index in [0.717, 1.165) is 36.2 Å². The maximum atomic E-state index is 12.9. The molecule has 40 heavy (non-hydrogen) atoms. The second kappa shape index (κ2) is 12.7. The first-order chi connectivity index (χ1) is 18.9. The van der Waals surface area contributed by atoms with Crippen LogP contribution in [0.15, 0.2) is 65.6 Å². The number of hydrogen-bond acceptors (Lipinski definition) is 9. The van der Waals surface area contributed by atoms with Gasteiger partial charge in [-0.15, -0.1) is 0 Å². The number of nitro benzene ring substituents is 2. The molecule has 15 heteroatoms. The Labute approximate surface area is 229 Å². The molecule has 0 saturated carbocycles. The third kappa shape index (κ3) is 7.50. The van der Waals surface area contributed by atoms with Crippen LogP contribution < -0.4 is 20.7 Å². The fourth-order valence-corrected chi connectivity index (χ4v) is 4.39. The molecule has 3 amide bonds. The van der Waals surface area contributed by atoms with Gasteiger partial charge in [0.05, 0.1) is 20.3 Å². The molecule has 0 saturated heterocycles. The predicted molar refractivity (Wildman–Crippen MR) is 147 cm³/mol. The molecule has 0 atom stereocenters. The highest BCUT2D eigenvalue weighted by Gasteiger charge is 2.29. The van der Waals surface area contributed by atoms with E-state index in [4.69, 9.17) is 0 Å². The van der Waals surface area contributed by atoms with Gasteiger partial charge in [0.15, 0.2) is 5.69 Å². The minimum Gasteiger partial charge on any atom is -0.344 e. The first-order valence-electron chi connectivity index (χ1n) is 11.9. The van der Waals surface area contributed by atoms with Gasteiger partial charge in [0.2, 0.25) is 0 Å². The Morgan fingerprint density at radius 3 is 1.95 bits per heavy atom. The Morgan fingerprint density at radius 1 is 0.875 bits per heavy atom. The zero-order chi connectivity index (χ0) is 29.4. The highest BCUT2D eigenvalue weighted by Crippen LogP contribution is 2.38. The largest absolute Gasteiger partial charge is 0.344 e. The van der Waals surface area contributed by atoms with E-state index < -0.39 is 48.9 Å². The summed E-state index contributed by atoms with van der Waals surface area (Å²) in [5, 5.41) is 31.1. The summed E-state index contributed by atoms with van der Waals surface area (Å²) in [6.45, 7) is 4.06. The van der Waals surface area contributed by atoms with Gasteiger partial charge in [0.1, 0.15) is 0 Å². The van der Waals surface area contributed by atoms with Gasteiger partial charge in [-0.05, 0) is 49.7 Å². The molecule has 0 spiro atoms. The SMILES string of the molecule is CCCCNC(=O)NS(=O)(=O)c1ccc(NC(=O)c2cc([N+](=O)[O-])c(Nc3ccc(C)cc3)c([N+](=O)[O-])c2)cc1. The molecule has 0 aromatic heterocycles. The Kier molecular flexibility index (Phi) is 9.34. The van der Waals surface area contributed by atoms with Crippen molar-refractivity contribution in [1.29, 1.82) is 0 Å². The first-order valence-corrected chi connectivity index (χ1v) is 13.4. The second-order valence-corrected chi connectivity index (χ2v) is 10.3. The van der Waals surface area contributed by atoms with Crippen LogP contribution in [0, 0.1) is 27.2 Å². The van der Waals surface area contributed by atoms with Crippen LogP contribution >= 0.6 is 0 Å². The van der Waals surface area contributed by atoms with Gasteiger partial charge in [0, 0.05) is 30.1 Å². The number of carbonyl (C=O) groups is 2. The highest BCUT2D eigenvalue weighted by atomic mass is 32.2. The maximum Gasteiger partial charge on any atom is 0.328 e. The number of benzene rings is 3. The van der Waals surface area contributed by atoms with Crippen molar-refractivity contribution in [2.24, 2.45) is 0 Å². The average Bonchev–Trinajstić information content (AvgIpc) is 2.89. The van der Waals surface area contributed by atoms with Crippen LogP contribution in [0.4, 0.5) is 33.2 Å². The third-order valence-corrected chi connectivity index (χ3v) is 6.89. The predicted octanol–water partition coefficient (Wildman–Crippen LogP) is 4.60. The topological polar surface area (TPSA) is 203 Å². The van der Waals surface area contributed by atoms with Crippen LogP contribution in [0.25, 0.3) is 0 Å². The zero-order valence-electron chi connectivity index (χ0n) is 21.5. The molecule has 0 aliphatic carbocycles. The fraction of sp³-hybridized carbons (Fsp3) is 0.200. The van der Waals surface area contributed by atoms with Crippen LogP contribution in [-0.2, 0) is 10.0 Å². The van der Waals surface area contributed by atoms with E-state index >= 15 is 0 Å². The third-order valence-electron chi connectivity index (χ3n) is 5.54. The molecule has 0 aliphatic heterocycles. The molecule has 0 fully saturated rings. The Balaban J connectivity index is 1.82. The van der Waals surface area contributed by atoms with Crippen molar-refractivity contribution in [2.45, 2.75) is 31.6 Å². The zero-order valence-corrected chi connectivity index (χ0v) is 22.3. The lowest BCUT2D eigenvalue weighted by molar-refractivity contribution is -0.392. The molecule has 0 radical (unpaired) electrons. The normalized spacial score (nSPS) is 10.8. The number of anilines is 3. The van der Waals surface area contributed by atoms with Crippen molar-refractivity contribution in [1.82, 2.24) is 10.0 Å². The summed E-state index contributed by atoms with van der Waals surface area (Å²) in [7, 11) is -4.19. The van der Waals surface area contributed by atoms with E-state index in [1.165, 1.54) is 12.1 Å². The molecule has 3 aromatic rings. The van der Waals surface area contributed by atoms with Crippen LogP contribution in [0.2, 0.25) is 0 Å². The number of hydrogen-bond donors (Lipinski definition) is 4. The molecule has 3 rings (SSSR count). The van der Waals surface area contributed by atoms with E-state index in [1.54, 1.807) is 24.3 Å². The Hall–Kier alpha value is -5.05. The van der Waals surface area contributed by atoms with Crippen molar-refractivity contribution in [3.05, 3.63) is 92.0 Å². The number of nitrogens with zero attached hydrogens (tertiary/aromatic N) is 2. The van der Waals surface area contributed by atoms with E-state index in [0.29, 0.717) is 18.7 Å². The maximum absolute atomic E-state index is 12.9. The molecular formula is C25H26N6O8S. The van der Waals surface area contributed by atoms with Gasteiger partial charge in [0.25, 0.3) is 15.9 Å². The highest BCUT2D eigenvalue weighted by molar-refractivity contribution is 7.90. The minimum absolute atomic E-state index is 0.100. The van der Waals surface area contributed by atoms with E-state index in [-0.39, 0.29) is 16.1 Å². The molecular weight excluding hydrogens is 544 g/mol. The van der Waals surface area contributed by atoms with Gasteiger partial charge >= 0.3 is 17.4 Å². The number of carbonyl (C=O) groups excluding carboxylic acids is 2. The summed E-state index contributed by atoms with van der Waals surface area (Å²) in [6, 6.07) is 12.3. The Bertz CT molecular complexity index is 1510. The van der Waals surface area contributed by atoms with Crippen molar-refractivity contribution in [3.8, 4) is 0 Å². The van der Waals surface area contributed by atoms with E-state index in [1.807, 2.05) is 18.6 Å². The van der Waals surface area contributed by atoms with Crippen molar-refractivity contribution < 1.29 is 27.9 Å². The van der Waals surface area contributed by atoms with Crippen molar-refractivity contribution >= 4 is 50.4 Å². The smallest absolute Gasteiger partial charge is 0.328 e. The second-order valence-electron chi connectivity index (χ2n) is 8.59. The van der Waals surface area contributed by atoms with Crippen molar-refractivity contribution in [2.75, 3.05) is 17.2 Å². The van der Waals surface area contributed by atoms with Gasteiger partial charge in [-0.1, -0.05) is 31.0 Å². The summed E-state index contributed by atoms with van der Waals surface area (Å²) >= 11 is 0.